The molecule has 2 heterocycles. The van der Waals surface area contributed by atoms with E-state index in [0.29, 0.717) is 16.9 Å². The van der Waals surface area contributed by atoms with Crippen molar-refractivity contribution in [3.63, 3.8) is 0 Å². The summed E-state index contributed by atoms with van der Waals surface area (Å²) in [6.07, 6.45) is 0. The van der Waals surface area contributed by atoms with Crippen LogP contribution in [0.4, 0.5) is 14.5 Å². The molecule has 4 aromatic rings. The van der Waals surface area contributed by atoms with E-state index >= 15 is 0 Å². The summed E-state index contributed by atoms with van der Waals surface area (Å²) in [5.74, 6) is 5.85. The third-order valence-corrected chi connectivity index (χ3v) is 6.10. The summed E-state index contributed by atoms with van der Waals surface area (Å²) in [5.41, 5.74) is 1.64. The van der Waals surface area contributed by atoms with Gasteiger partial charge in [0.25, 0.3) is 5.56 Å². The Morgan fingerprint density at radius 3 is 2.49 bits per heavy atom. The quantitative estimate of drug-likeness (QED) is 0.281. The number of nitrogens with two attached hydrogens (primary N) is 1. The number of benzene rings is 2. The molecule has 0 saturated heterocycles. The Hall–Kier alpha value is -4.13. The predicted molar refractivity (Wildman–Crippen MR) is 127 cm³/mol. The smallest absolute Gasteiger partial charge is 0.387 e. The van der Waals surface area contributed by atoms with Crippen molar-refractivity contribution < 1.29 is 18.3 Å². The van der Waals surface area contributed by atoms with Crippen LogP contribution in [-0.4, -0.2) is 42.5 Å². The average molecular weight is 502 g/mol. The molecule has 0 bridgehead atoms. The van der Waals surface area contributed by atoms with Gasteiger partial charge in [0, 0.05) is 12.6 Å². The Morgan fingerprint density at radius 1 is 1.14 bits per heavy atom. The molecule has 0 unspecified atom stereocenters. The molecular weight excluding hydrogens is 480 g/mol. The van der Waals surface area contributed by atoms with Gasteiger partial charge in [-0.2, -0.15) is 8.78 Å². The average Bonchev–Trinajstić information content (AvgIpc) is 3.30. The summed E-state index contributed by atoms with van der Waals surface area (Å²) in [7, 11) is 1.73. The second-order valence-electron chi connectivity index (χ2n) is 7.35. The fourth-order valence-electron chi connectivity index (χ4n) is 3.38. The van der Waals surface area contributed by atoms with Crippen molar-refractivity contribution in [3.8, 4) is 22.8 Å². The molecule has 182 valence electrons. The summed E-state index contributed by atoms with van der Waals surface area (Å²) in [4.78, 5) is 25.5. The lowest BCUT2D eigenvalue weighted by atomic mass is 10.2. The summed E-state index contributed by atoms with van der Waals surface area (Å²) in [5, 5.41) is 10.9. The van der Waals surface area contributed by atoms with Gasteiger partial charge in [-0.15, -0.1) is 10.2 Å². The first kappa shape index (κ1) is 24.0. The molecule has 2 aromatic heterocycles. The van der Waals surface area contributed by atoms with Crippen molar-refractivity contribution in [2.45, 2.75) is 18.7 Å². The van der Waals surface area contributed by atoms with Crippen LogP contribution in [0.5, 0.6) is 5.75 Å². The first-order valence-corrected chi connectivity index (χ1v) is 11.3. The molecule has 35 heavy (non-hydrogen) atoms. The SMILES string of the molecule is Cc1c(NC(=O)CSc2nnc(-c3ccc(OC(F)F)cc3)n2N)c(=O)n(-c2ccccc2)n1C. The van der Waals surface area contributed by atoms with Gasteiger partial charge in [0.2, 0.25) is 11.1 Å². The predicted octanol–water partition coefficient (Wildman–Crippen LogP) is 2.79. The molecular formula is C22H21F2N7O3S. The van der Waals surface area contributed by atoms with Crippen LogP contribution in [0.3, 0.4) is 0 Å². The number of nitrogens with one attached hydrogen (secondary N) is 1. The molecule has 1 amide bonds. The maximum absolute atomic E-state index is 12.9. The van der Waals surface area contributed by atoms with Crippen LogP contribution in [0, 0.1) is 6.92 Å². The summed E-state index contributed by atoms with van der Waals surface area (Å²) in [6, 6.07) is 14.8. The van der Waals surface area contributed by atoms with E-state index in [4.69, 9.17) is 5.84 Å². The van der Waals surface area contributed by atoms with Crippen LogP contribution in [0.1, 0.15) is 5.69 Å². The molecule has 4 rings (SSSR count). The van der Waals surface area contributed by atoms with Crippen molar-refractivity contribution in [3.05, 3.63) is 70.6 Å². The van der Waals surface area contributed by atoms with Crippen LogP contribution >= 0.6 is 11.8 Å². The molecule has 0 spiro atoms. The molecule has 0 fully saturated rings. The zero-order valence-corrected chi connectivity index (χ0v) is 19.5. The minimum absolute atomic E-state index is 0.000592. The van der Waals surface area contributed by atoms with Crippen molar-refractivity contribution in [2.24, 2.45) is 7.05 Å². The highest BCUT2D eigenvalue weighted by Gasteiger charge is 2.19. The highest BCUT2D eigenvalue weighted by atomic mass is 32.2. The zero-order chi connectivity index (χ0) is 25.1. The summed E-state index contributed by atoms with van der Waals surface area (Å²) < 4.78 is 33.3. The fourth-order valence-corrected chi connectivity index (χ4v) is 4.03. The van der Waals surface area contributed by atoms with E-state index < -0.39 is 12.5 Å². The molecule has 0 atom stereocenters. The number of nitrogen functional groups attached to an aromatic ring is 1. The second kappa shape index (κ2) is 10.0. The number of ether oxygens (including phenoxy) is 1. The number of para-hydroxylation sites is 1. The number of anilines is 1. The minimum atomic E-state index is -2.92. The van der Waals surface area contributed by atoms with Crippen LogP contribution in [0.25, 0.3) is 17.1 Å². The number of rotatable bonds is 8. The van der Waals surface area contributed by atoms with Gasteiger partial charge in [0.15, 0.2) is 5.82 Å². The van der Waals surface area contributed by atoms with Crippen molar-refractivity contribution in [2.75, 3.05) is 16.9 Å². The van der Waals surface area contributed by atoms with Gasteiger partial charge < -0.3 is 15.9 Å². The number of carbonyl (C=O) groups is 1. The van der Waals surface area contributed by atoms with Gasteiger partial charge in [0.05, 0.1) is 17.1 Å². The molecule has 0 aliphatic rings. The van der Waals surface area contributed by atoms with Crippen LogP contribution < -0.4 is 21.5 Å². The molecule has 0 aliphatic heterocycles. The lowest BCUT2D eigenvalue weighted by Gasteiger charge is -2.07. The Labute approximate surface area is 202 Å². The molecule has 2 aromatic carbocycles. The fraction of sp³-hybridized carbons (Fsp3) is 0.182. The van der Waals surface area contributed by atoms with E-state index in [1.54, 1.807) is 30.8 Å². The van der Waals surface area contributed by atoms with Gasteiger partial charge >= 0.3 is 6.61 Å². The minimum Gasteiger partial charge on any atom is -0.435 e. The Bertz CT molecular complexity index is 1400. The Morgan fingerprint density at radius 2 is 1.83 bits per heavy atom. The van der Waals surface area contributed by atoms with E-state index in [1.807, 2.05) is 18.2 Å². The van der Waals surface area contributed by atoms with Gasteiger partial charge in [-0.25, -0.2) is 9.36 Å². The first-order chi connectivity index (χ1) is 16.8. The molecule has 10 nitrogen and oxygen atoms in total. The molecule has 13 heteroatoms. The number of hydrogen-bond acceptors (Lipinski definition) is 7. The number of amides is 1. The van der Waals surface area contributed by atoms with E-state index in [2.05, 4.69) is 20.3 Å². The number of hydrogen-bond donors (Lipinski definition) is 2. The topological polar surface area (TPSA) is 122 Å². The standard InChI is InChI=1S/C22H21F2N7O3S/c1-13-18(20(33)31(29(13)2)15-6-4-3-5-7-15)26-17(32)12-35-22-28-27-19(30(22)25)14-8-10-16(11-9-14)34-21(23)24/h3-11,21H,12,25H2,1-2H3,(H,26,32). The van der Waals surface area contributed by atoms with Crippen LogP contribution in [0.2, 0.25) is 0 Å². The number of alkyl halides is 2. The number of nitrogens with zero attached hydrogens (tertiary/aromatic N) is 5. The summed E-state index contributed by atoms with van der Waals surface area (Å²) >= 11 is 1.03. The van der Waals surface area contributed by atoms with E-state index in [-0.39, 0.29) is 33.7 Å². The van der Waals surface area contributed by atoms with E-state index in [1.165, 1.54) is 33.6 Å². The number of carbonyl (C=O) groups excluding carboxylic acids is 1. The third-order valence-electron chi connectivity index (χ3n) is 5.15. The molecule has 0 radical (unpaired) electrons. The van der Waals surface area contributed by atoms with Gasteiger partial charge in [0.1, 0.15) is 11.4 Å². The largest absolute Gasteiger partial charge is 0.435 e. The Kier molecular flexibility index (Phi) is 6.87. The number of thioether (sulfide) groups is 1. The van der Waals surface area contributed by atoms with Crippen molar-refractivity contribution >= 4 is 23.4 Å². The van der Waals surface area contributed by atoms with Crippen molar-refractivity contribution in [1.29, 1.82) is 0 Å². The zero-order valence-electron chi connectivity index (χ0n) is 18.7. The molecule has 3 N–H and O–H groups in total. The molecule has 0 saturated carbocycles. The second-order valence-corrected chi connectivity index (χ2v) is 8.29. The normalized spacial score (nSPS) is 11.1. The van der Waals surface area contributed by atoms with E-state index in [0.717, 1.165) is 11.8 Å². The highest BCUT2D eigenvalue weighted by molar-refractivity contribution is 7.99. The maximum atomic E-state index is 12.9. The van der Waals surface area contributed by atoms with Gasteiger partial charge in [-0.05, 0) is 43.3 Å². The lowest BCUT2D eigenvalue weighted by molar-refractivity contribution is -0.113. The van der Waals surface area contributed by atoms with Crippen LogP contribution in [0.15, 0.2) is 64.5 Å². The number of halogens is 2. The van der Waals surface area contributed by atoms with Crippen molar-refractivity contribution in [1.82, 2.24) is 24.2 Å². The lowest BCUT2D eigenvalue weighted by Crippen LogP contribution is -2.23. The Balaban J connectivity index is 1.44. The number of aromatic nitrogens is 5. The van der Waals surface area contributed by atoms with Crippen LogP contribution in [-0.2, 0) is 11.8 Å². The highest BCUT2D eigenvalue weighted by Crippen LogP contribution is 2.24. The van der Waals surface area contributed by atoms with Gasteiger partial charge in [-0.1, -0.05) is 30.0 Å². The van der Waals surface area contributed by atoms with E-state index in [9.17, 15) is 18.4 Å². The maximum Gasteiger partial charge on any atom is 0.387 e. The van der Waals surface area contributed by atoms with Gasteiger partial charge in [-0.3, -0.25) is 14.3 Å². The summed E-state index contributed by atoms with van der Waals surface area (Å²) in [6.45, 7) is -1.18. The first-order valence-electron chi connectivity index (χ1n) is 10.3. The monoisotopic (exact) mass is 501 g/mol. The molecule has 0 aliphatic carbocycles. The third kappa shape index (κ3) is 5.04.